The highest BCUT2D eigenvalue weighted by atomic mass is 16.5. The normalized spacial score (nSPS) is 28.3. The number of piperidine rings is 1. The van der Waals surface area contributed by atoms with Crippen LogP contribution in [0.3, 0.4) is 0 Å². The molecule has 1 fully saturated rings. The van der Waals surface area contributed by atoms with E-state index in [-0.39, 0.29) is 36.8 Å². The van der Waals surface area contributed by atoms with Gasteiger partial charge >= 0.3 is 5.97 Å². The molecule has 1 aliphatic carbocycles. The summed E-state index contributed by atoms with van der Waals surface area (Å²) in [5.74, 6) is 6.82. The Balaban J connectivity index is 1.92. The minimum atomic E-state index is -0.698. The van der Waals surface area contributed by atoms with Gasteiger partial charge in [-0.2, -0.15) is 0 Å². The largest absolute Gasteiger partial charge is 0.504 e. The maximum atomic E-state index is 12.1. The number of phenolic OH excluding ortho intramolecular Hbond substituents is 1. The van der Waals surface area contributed by atoms with Gasteiger partial charge in [0.1, 0.15) is 12.2 Å². The number of carbonyl (C=O) groups is 1. The highest BCUT2D eigenvalue weighted by molar-refractivity contribution is 5.77. The molecule has 1 heterocycles. The van der Waals surface area contributed by atoms with Crippen molar-refractivity contribution in [2.24, 2.45) is 22.1 Å². The van der Waals surface area contributed by atoms with Gasteiger partial charge in [0.05, 0.1) is 12.7 Å². The molecule has 0 saturated carbocycles. The highest BCUT2D eigenvalue weighted by Gasteiger charge is 2.33. The number of hydrogen-bond acceptors (Lipinski definition) is 9. The van der Waals surface area contributed by atoms with E-state index in [1.165, 1.54) is 6.92 Å². The molecule has 1 aromatic carbocycles. The molecule has 11 nitrogen and oxygen atoms in total. The molecule has 2 aliphatic rings. The molecular formula is C32H51N5O6. The van der Waals surface area contributed by atoms with Crippen LogP contribution in [0.2, 0.25) is 0 Å². The second-order valence-corrected chi connectivity index (χ2v) is 11.9. The van der Waals surface area contributed by atoms with Gasteiger partial charge in [-0.1, -0.05) is 12.8 Å². The van der Waals surface area contributed by atoms with Crippen molar-refractivity contribution in [3.05, 3.63) is 23.3 Å². The molecule has 6 atom stereocenters. The minimum absolute atomic E-state index is 0.0238. The third kappa shape index (κ3) is 10.3. The van der Waals surface area contributed by atoms with E-state index in [1.807, 2.05) is 7.05 Å². The lowest BCUT2D eigenvalue weighted by Gasteiger charge is -2.33. The summed E-state index contributed by atoms with van der Waals surface area (Å²) in [6.45, 7) is 5.31. The van der Waals surface area contributed by atoms with Gasteiger partial charge in [-0.15, -0.1) is 5.92 Å². The molecule has 0 unspecified atom stereocenters. The Labute approximate surface area is 256 Å². The molecule has 1 saturated heterocycles. The van der Waals surface area contributed by atoms with Crippen molar-refractivity contribution in [1.82, 2.24) is 16.0 Å². The molecule has 43 heavy (non-hydrogen) atoms. The average Bonchev–Trinajstić information content (AvgIpc) is 2.98. The monoisotopic (exact) mass is 601 g/mol. The van der Waals surface area contributed by atoms with Crippen molar-refractivity contribution in [2.75, 3.05) is 33.7 Å². The van der Waals surface area contributed by atoms with Gasteiger partial charge in [0, 0.05) is 63.7 Å². The first-order valence-electron chi connectivity index (χ1n) is 15.4. The van der Waals surface area contributed by atoms with Crippen molar-refractivity contribution in [2.45, 2.75) is 96.2 Å². The lowest BCUT2D eigenvalue weighted by Crippen LogP contribution is -2.46. The maximum absolute atomic E-state index is 12.1. The summed E-state index contributed by atoms with van der Waals surface area (Å²) >= 11 is 0. The van der Waals surface area contributed by atoms with Gasteiger partial charge in [-0.25, -0.2) is 0 Å². The number of nitrogens with one attached hydrogen (secondary N) is 3. The SMILES string of the molecule is CC[C@]1(CNC(N)=NC)C#CC[C@@H](Cc2cc(O[C@@H]3CCN[C@H](CNC)C3)c(O)cc2CO)[C@@H](OC(C)=O)C[C@@H](O)CC1. The second-order valence-electron chi connectivity index (χ2n) is 11.9. The fourth-order valence-corrected chi connectivity index (χ4v) is 6.03. The van der Waals surface area contributed by atoms with Crippen LogP contribution in [-0.4, -0.2) is 85.3 Å². The van der Waals surface area contributed by atoms with E-state index >= 15 is 0 Å². The Morgan fingerprint density at radius 3 is 2.74 bits per heavy atom. The lowest BCUT2D eigenvalue weighted by atomic mass is 9.77. The maximum Gasteiger partial charge on any atom is 0.302 e. The molecule has 0 aromatic heterocycles. The van der Waals surface area contributed by atoms with Gasteiger partial charge < -0.3 is 46.5 Å². The number of aromatic hydroxyl groups is 1. The number of ether oxygens (including phenoxy) is 2. The number of benzene rings is 1. The van der Waals surface area contributed by atoms with Gasteiger partial charge in [0.25, 0.3) is 0 Å². The summed E-state index contributed by atoms with van der Waals surface area (Å²) in [6.07, 6.45) is 3.26. The van der Waals surface area contributed by atoms with Crippen LogP contribution in [0.1, 0.15) is 69.9 Å². The molecule has 11 heteroatoms. The fraction of sp³-hybridized carbons (Fsp3) is 0.688. The number of carbonyl (C=O) groups excluding carboxylic acids is 1. The van der Waals surface area contributed by atoms with Crippen LogP contribution in [0.15, 0.2) is 17.1 Å². The summed E-state index contributed by atoms with van der Waals surface area (Å²) < 4.78 is 12.1. The highest BCUT2D eigenvalue weighted by Crippen LogP contribution is 2.36. The third-order valence-corrected chi connectivity index (χ3v) is 8.67. The Kier molecular flexibility index (Phi) is 13.4. The Morgan fingerprint density at radius 2 is 2.07 bits per heavy atom. The topological polar surface area (TPSA) is 171 Å². The van der Waals surface area contributed by atoms with E-state index in [0.717, 1.165) is 37.9 Å². The smallest absolute Gasteiger partial charge is 0.302 e. The summed E-state index contributed by atoms with van der Waals surface area (Å²) in [6, 6.07) is 3.61. The predicted molar refractivity (Wildman–Crippen MR) is 167 cm³/mol. The number of phenols is 1. The van der Waals surface area contributed by atoms with Crippen molar-refractivity contribution >= 4 is 11.9 Å². The van der Waals surface area contributed by atoms with E-state index in [1.54, 1.807) is 19.2 Å². The van der Waals surface area contributed by atoms with Crippen LogP contribution in [0.5, 0.6) is 11.5 Å². The zero-order valence-electron chi connectivity index (χ0n) is 26.1. The number of guanidine groups is 1. The Morgan fingerprint density at radius 1 is 1.28 bits per heavy atom. The predicted octanol–water partition coefficient (Wildman–Crippen LogP) is 1.56. The quantitative estimate of drug-likeness (QED) is 0.0855. The molecule has 8 N–H and O–H groups in total. The van der Waals surface area contributed by atoms with Crippen molar-refractivity contribution in [1.29, 1.82) is 0 Å². The van der Waals surface area contributed by atoms with Crippen LogP contribution < -0.4 is 26.4 Å². The number of esters is 1. The molecule has 240 valence electrons. The summed E-state index contributed by atoms with van der Waals surface area (Å²) in [5.41, 5.74) is 6.83. The molecular weight excluding hydrogens is 550 g/mol. The summed E-state index contributed by atoms with van der Waals surface area (Å²) in [4.78, 5) is 16.1. The number of nitrogens with zero attached hydrogens (tertiary/aromatic N) is 1. The van der Waals surface area contributed by atoms with E-state index in [4.69, 9.17) is 15.2 Å². The molecule has 0 spiro atoms. The van der Waals surface area contributed by atoms with E-state index in [9.17, 15) is 20.1 Å². The van der Waals surface area contributed by atoms with Crippen LogP contribution in [-0.2, 0) is 22.6 Å². The molecule has 0 amide bonds. The van der Waals surface area contributed by atoms with Crippen LogP contribution in [0, 0.1) is 23.2 Å². The number of rotatable bonds is 11. The van der Waals surface area contributed by atoms with Crippen molar-refractivity contribution in [3.63, 3.8) is 0 Å². The first-order chi connectivity index (χ1) is 20.6. The Bertz CT molecular complexity index is 1150. The van der Waals surface area contributed by atoms with Gasteiger partial charge in [-0.05, 0) is 69.0 Å². The minimum Gasteiger partial charge on any atom is -0.504 e. The second kappa shape index (κ2) is 16.7. The van der Waals surface area contributed by atoms with Gasteiger partial charge in [-0.3, -0.25) is 9.79 Å². The molecule has 0 radical (unpaired) electrons. The third-order valence-electron chi connectivity index (χ3n) is 8.67. The number of nitrogens with two attached hydrogens (primary N) is 1. The standard InChI is InChI=1S/C32H51N5O6/c1-5-32(20-37-31(33)35-4)10-6-7-22(29(42-21(2)39)17-26(40)8-11-32)13-23-15-30(28(41)14-24(23)19-38)43-27-9-12-36-25(16-27)18-34-3/h14-15,22,25-27,29,34,36,38,40-41H,5,7-9,11-13,16-20H2,1-4H3,(H3,33,35,37)/t22-,25-,26-,27+,29-,32-/m0/s1. The number of hydrogen-bond donors (Lipinski definition) is 7. The number of aliphatic hydroxyl groups excluding tert-OH is 2. The van der Waals surface area contributed by atoms with Crippen LogP contribution >= 0.6 is 0 Å². The lowest BCUT2D eigenvalue weighted by molar-refractivity contribution is -0.151. The fourth-order valence-electron chi connectivity index (χ4n) is 6.03. The van der Waals surface area contributed by atoms with Crippen molar-refractivity contribution in [3.8, 4) is 23.3 Å². The zero-order valence-corrected chi connectivity index (χ0v) is 26.1. The molecule has 1 aliphatic heterocycles. The van der Waals surface area contributed by atoms with Crippen LogP contribution in [0.25, 0.3) is 0 Å². The van der Waals surface area contributed by atoms with E-state index in [2.05, 4.69) is 39.7 Å². The van der Waals surface area contributed by atoms with Gasteiger partial charge in [0.15, 0.2) is 17.5 Å². The molecule has 0 bridgehead atoms. The number of aliphatic hydroxyl groups is 2. The summed E-state index contributed by atoms with van der Waals surface area (Å²) in [5, 5.41) is 41.9. The summed E-state index contributed by atoms with van der Waals surface area (Å²) in [7, 11) is 3.54. The molecule has 3 rings (SSSR count). The van der Waals surface area contributed by atoms with Crippen molar-refractivity contribution < 1.29 is 29.6 Å². The first kappa shape index (κ1) is 34.5. The first-order valence-corrected chi connectivity index (χ1v) is 15.4. The Hall–Kier alpha value is -3.04. The number of likely N-dealkylation sites (N-methyl/N-ethyl adjacent to an activating group) is 1. The van der Waals surface area contributed by atoms with E-state index < -0.39 is 23.6 Å². The number of aliphatic imine (C=N–C) groups is 1. The van der Waals surface area contributed by atoms with Gasteiger partial charge in [0.2, 0.25) is 0 Å². The average molecular weight is 602 g/mol. The van der Waals surface area contributed by atoms with E-state index in [0.29, 0.717) is 49.5 Å². The zero-order chi connectivity index (χ0) is 31.4. The molecule has 1 aromatic rings. The van der Waals surface area contributed by atoms with Crippen LogP contribution in [0.4, 0.5) is 0 Å².